The lowest BCUT2D eigenvalue weighted by atomic mass is 9.78. The largest absolute Gasteiger partial charge is 0.493 e. The molecular formula is C28H36N2O5. The third kappa shape index (κ3) is 4.56. The molecule has 2 aliphatic rings. The minimum absolute atomic E-state index is 0.0579. The van der Waals surface area contributed by atoms with Crippen molar-refractivity contribution in [2.75, 3.05) is 41.0 Å². The molecule has 2 aromatic rings. The average molecular weight is 481 g/mol. The maximum Gasteiger partial charge on any atom is 0.254 e. The zero-order valence-electron chi connectivity index (χ0n) is 21.4. The van der Waals surface area contributed by atoms with Gasteiger partial charge in [0, 0.05) is 25.2 Å². The van der Waals surface area contributed by atoms with Crippen molar-refractivity contribution < 1.29 is 23.8 Å². The van der Waals surface area contributed by atoms with E-state index in [9.17, 15) is 9.59 Å². The van der Waals surface area contributed by atoms with Crippen LogP contribution < -0.4 is 14.2 Å². The first-order valence-electron chi connectivity index (χ1n) is 12.4. The van der Waals surface area contributed by atoms with E-state index in [4.69, 9.17) is 14.2 Å². The van der Waals surface area contributed by atoms with Gasteiger partial charge in [0.25, 0.3) is 5.91 Å². The molecule has 2 aromatic carbocycles. The number of piperidine rings is 1. The first kappa shape index (κ1) is 24.9. The molecule has 35 heavy (non-hydrogen) atoms. The number of hydrogen-bond acceptors (Lipinski definition) is 5. The quantitative estimate of drug-likeness (QED) is 0.577. The number of hydrogen-bond donors (Lipinski definition) is 0. The number of amides is 2. The maximum atomic E-state index is 14.2. The van der Waals surface area contributed by atoms with Crippen LogP contribution in [0, 0.1) is 5.92 Å². The molecule has 4 rings (SSSR count). The van der Waals surface area contributed by atoms with E-state index in [1.165, 1.54) is 0 Å². The van der Waals surface area contributed by atoms with Gasteiger partial charge in [-0.15, -0.1) is 0 Å². The zero-order valence-corrected chi connectivity index (χ0v) is 21.4. The number of likely N-dealkylation sites (tertiary alicyclic amines) is 1. The summed E-state index contributed by atoms with van der Waals surface area (Å²) in [5.74, 6) is 1.59. The number of carbonyl (C=O) groups excluding carboxylic acids is 2. The average Bonchev–Trinajstić information content (AvgIpc) is 2.89. The number of nitrogens with zero attached hydrogens (tertiary/aromatic N) is 2. The van der Waals surface area contributed by atoms with Crippen LogP contribution in [0.1, 0.15) is 66.6 Å². The summed E-state index contributed by atoms with van der Waals surface area (Å²) < 4.78 is 16.8. The van der Waals surface area contributed by atoms with Crippen molar-refractivity contribution in [3.63, 3.8) is 0 Å². The first-order valence-corrected chi connectivity index (χ1v) is 12.4. The Kier molecular flexibility index (Phi) is 7.53. The Bertz CT molecular complexity index is 1050. The van der Waals surface area contributed by atoms with E-state index in [0.717, 1.165) is 43.5 Å². The molecule has 0 radical (unpaired) electrons. The van der Waals surface area contributed by atoms with E-state index in [-0.39, 0.29) is 11.8 Å². The molecule has 0 N–H and O–H groups in total. The Hall–Kier alpha value is -3.22. The van der Waals surface area contributed by atoms with Crippen molar-refractivity contribution in [1.82, 2.24) is 9.80 Å². The topological polar surface area (TPSA) is 68.3 Å². The minimum atomic E-state index is -0.522. The third-order valence-electron chi connectivity index (χ3n) is 7.29. The summed E-state index contributed by atoms with van der Waals surface area (Å²) in [6.07, 6.45) is 2.76. The standard InChI is InChI=1S/C28H36N2O5/c1-6-13-30-25(19-16-22(33-3)26(35-5)23(17-19)34-4)24(20-9-7-8-10-21(20)27(30)31)28(32)29-14-11-18(2)12-15-29/h7-10,16-18,24-25H,6,11-15H2,1-5H3/t24-,25+/m0/s1. The Labute approximate surface area is 207 Å². The fourth-order valence-corrected chi connectivity index (χ4v) is 5.41. The second kappa shape index (κ2) is 10.6. The molecule has 2 aliphatic heterocycles. The van der Waals surface area contributed by atoms with Gasteiger partial charge in [-0.3, -0.25) is 9.59 Å². The molecular weight excluding hydrogens is 444 g/mol. The van der Waals surface area contributed by atoms with Gasteiger partial charge in [0.1, 0.15) is 0 Å². The SMILES string of the molecule is CCCN1C(=O)c2ccccc2[C@H](C(=O)N2CCC(C)CC2)[C@H]1c1cc(OC)c(OC)c(OC)c1. The summed E-state index contributed by atoms with van der Waals surface area (Å²) in [5.41, 5.74) is 2.18. The van der Waals surface area contributed by atoms with Crippen LogP contribution in [-0.4, -0.2) is 62.6 Å². The molecule has 7 nitrogen and oxygen atoms in total. The molecule has 0 spiro atoms. The highest BCUT2D eigenvalue weighted by Crippen LogP contribution is 2.48. The third-order valence-corrected chi connectivity index (χ3v) is 7.29. The van der Waals surface area contributed by atoms with Crippen LogP contribution in [-0.2, 0) is 4.79 Å². The molecule has 0 saturated carbocycles. The van der Waals surface area contributed by atoms with E-state index < -0.39 is 12.0 Å². The number of fused-ring (bicyclic) bond motifs is 1. The smallest absolute Gasteiger partial charge is 0.254 e. The number of methoxy groups -OCH3 is 3. The van der Waals surface area contributed by atoms with Gasteiger partial charge in [-0.25, -0.2) is 0 Å². The fourth-order valence-electron chi connectivity index (χ4n) is 5.41. The fraction of sp³-hybridized carbons (Fsp3) is 0.500. The lowest BCUT2D eigenvalue weighted by Gasteiger charge is -2.44. The number of carbonyl (C=O) groups is 2. The van der Waals surface area contributed by atoms with E-state index in [1.807, 2.05) is 53.1 Å². The van der Waals surface area contributed by atoms with Crippen LogP contribution in [0.3, 0.4) is 0 Å². The molecule has 2 heterocycles. The monoisotopic (exact) mass is 480 g/mol. The summed E-state index contributed by atoms with van der Waals surface area (Å²) in [6.45, 7) is 6.29. The summed E-state index contributed by atoms with van der Waals surface area (Å²) in [7, 11) is 4.71. The van der Waals surface area contributed by atoms with Crippen molar-refractivity contribution >= 4 is 11.8 Å². The van der Waals surface area contributed by atoms with Crippen molar-refractivity contribution in [2.24, 2.45) is 5.92 Å². The molecule has 2 amide bonds. The zero-order chi connectivity index (χ0) is 25.1. The highest BCUT2D eigenvalue weighted by atomic mass is 16.5. The van der Waals surface area contributed by atoms with E-state index in [0.29, 0.717) is 35.3 Å². The van der Waals surface area contributed by atoms with E-state index >= 15 is 0 Å². The van der Waals surface area contributed by atoms with Crippen LogP contribution in [0.4, 0.5) is 0 Å². The van der Waals surface area contributed by atoms with Gasteiger partial charge in [0.2, 0.25) is 11.7 Å². The van der Waals surface area contributed by atoms with E-state index in [2.05, 4.69) is 6.92 Å². The molecule has 0 bridgehead atoms. The van der Waals surface area contributed by atoms with Gasteiger partial charge in [-0.1, -0.05) is 32.0 Å². The summed E-state index contributed by atoms with van der Waals surface area (Å²) in [6, 6.07) is 10.8. The van der Waals surface area contributed by atoms with Crippen LogP contribution in [0.15, 0.2) is 36.4 Å². The Morgan fingerprint density at radius 2 is 1.63 bits per heavy atom. The van der Waals surface area contributed by atoms with Crippen LogP contribution in [0.25, 0.3) is 0 Å². The molecule has 2 atom stereocenters. The Morgan fingerprint density at radius 1 is 1.00 bits per heavy atom. The molecule has 7 heteroatoms. The number of benzene rings is 2. The second-order valence-electron chi connectivity index (χ2n) is 9.47. The predicted molar refractivity (Wildman–Crippen MR) is 134 cm³/mol. The first-order chi connectivity index (χ1) is 16.9. The highest BCUT2D eigenvalue weighted by Gasteiger charge is 2.46. The van der Waals surface area contributed by atoms with Crippen LogP contribution in [0.2, 0.25) is 0 Å². The predicted octanol–water partition coefficient (Wildman–Crippen LogP) is 4.66. The van der Waals surface area contributed by atoms with Gasteiger partial charge >= 0.3 is 0 Å². The van der Waals surface area contributed by atoms with Gasteiger partial charge in [0.15, 0.2) is 11.5 Å². The summed E-state index contributed by atoms with van der Waals surface area (Å²) >= 11 is 0. The minimum Gasteiger partial charge on any atom is -0.493 e. The Balaban J connectivity index is 1.90. The number of rotatable bonds is 7. The second-order valence-corrected chi connectivity index (χ2v) is 9.47. The van der Waals surface area contributed by atoms with Crippen LogP contribution in [0.5, 0.6) is 17.2 Å². The summed E-state index contributed by atoms with van der Waals surface area (Å²) in [4.78, 5) is 31.7. The maximum absolute atomic E-state index is 14.2. The molecule has 188 valence electrons. The molecule has 0 unspecified atom stereocenters. The van der Waals surface area contributed by atoms with Gasteiger partial charge < -0.3 is 24.0 Å². The number of ether oxygens (including phenoxy) is 3. The van der Waals surface area contributed by atoms with Crippen molar-refractivity contribution in [3.05, 3.63) is 53.1 Å². The normalized spacial score (nSPS) is 20.4. The summed E-state index contributed by atoms with van der Waals surface area (Å²) in [5, 5.41) is 0. The van der Waals surface area contributed by atoms with Crippen molar-refractivity contribution in [3.8, 4) is 17.2 Å². The van der Waals surface area contributed by atoms with Gasteiger partial charge in [-0.05, 0) is 54.5 Å². The Morgan fingerprint density at radius 3 is 2.20 bits per heavy atom. The van der Waals surface area contributed by atoms with Crippen molar-refractivity contribution in [2.45, 2.75) is 45.1 Å². The lowest BCUT2D eigenvalue weighted by molar-refractivity contribution is -0.136. The molecule has 1 saturated heterocycles. The van der Waals surface area contributed by atoms with Crippen molar-refractivity contribution in [1.29, 1.82) is 0 Å². The lowest BCUT2D eigenvalue weighted by Crippen LogP contribution is -2.49. The molecule has 0 aliphatic carbocycles. The van der Waals surface area contributed by atoms with Gasteiger partial charge in [0.05, 0.1) is 33.3 Å². The molecule has 0 aromatic heterocycles. The molecule has 1 fully saturated rings. The van der Waals surface area contributed by atoms with Gasteiger partial charge in [-0.2, -0.15) is 0 Å². The highest BCUT2D eigenvalue weighted by molar-refractivity contribution is 6.01. The van der Waals surface area contributed by atoms with E-state index in [1.54, 1.807) is 21.3 Å². The van der Waals surface area contributed by atoms with Crippen LogP contribution >= 0.6 is 0 Å².